The van der Waals surface area contributed by atoms with Crippen LogP contribution in [-0.2, 0) is 0 Å². The number of rotatable bonds is 7. The first-order chi connectivity index (χ1) is 9.15. The molecule has 0 saturated heterocycles. The average molecular weight is 268 g/mol. The molecule has 0 aromatic carbocycles. The van der Waals surface area contributed by atoms with Gasteiger partial charge in [-0.05, 0) is 25.7 Å². The lowest BCUT2D eigenvalue weighted by molar-refractivity contribution is -0.0203. The smallest absolute Gasteiger partial charge is 0.323 e. The van der Waals surface area contributed by atoms with E-state index in [0.29, 0.717) is 19.1 Å². The fraction of sp³-hybridized carbons (Fsp3) is 0.727. The quantitative estimate of drug-likeness (QED) is 0.411. The normalized spacial score (nSPS) is 16.6. The lowest BCUT2D eigenvalue weighted by atomic mass is 9.80. The van der Waals surface area contributed by atoms with Gasteiger partial charge in [0.05, 0.1) is 12.2 Å². The molecule has 8 heteroatoms. The first-order valence-electron chi connectivity index (χ1n) is 6.47. The molecule has 5 N–H and O–H groups in total. The number of hydrazine groups is 1. The van der Waals surface area contributed by atoms with Crippen LogP contribution in [0.4, 0.5) is 11.9 Å². The van der Waals surface area contributed by atoms with E-state index >= 15 is 0 Å². The maximum atomic E-state index is 10.0. The molecule has 0 amide bonds. The molecular weight excluding hydrogens is 248 g/mol. The lowest BCUT2D eigenvalue weighted by Gasteiger charge is -2.36. The zero-order valence-corrected chi connectivity index (χ0v) is 11.0. The van der Waals surface area contributed by atoms with Crippen molar-refractivity contribution in [3.63, 3.8) is 0 Å². The van der Waals surface area contributed by atoms with Gasteiger partial charge in [-0.1, -0.05) is 6.92 Å². The number of aromatic nitrogens is 3. The highest BCUT2D eigenvalue weighted by Crippen LogP contribution is 2.31. The molecule has 1 aliphatic rings. The highest BCUT2D eigenvalue weighted by Gasteiger charge is 2.34. The maximum Gasteiger partial charge on any atom is 0.323 e. The second kappa shape index (κ2) is 5.98. The van der Waals surface area contributed by atoms with Gasteiger partial charge in [-0.3, -0.25) is 5.43 Å². The monoisotopic (exact) mass is 268 g/mol. The third-order valence-corrected chi connectivity index (χ3v) is 3.04. The number of nitrogen functional groups attached to an aromatic ring is 1. The molecule has 19 heavy (non-hydrogen) atoms. The van der Waals surface area contributed by atoms with Gasteiger partial charge in [-0.15, -0.1) is 0 Å². The molecule has 0 spiro atoms. The van der Waals surface area contributed by atoms with Gasteiger partial charge in [0, 0.05) is 6.54 Å². The Labute approximate surface area is 111 Å². The number of nitrogens with zero attached hydrogens (tertiary/aromatic N) is 3. The summed E-state index contributed by atoms with van der Waals surface area (Å²) < 4.78 is 5.35. The van der Waals surface area contributed by atoms with E-state index in [1.807, 2.05) is 6.92 Å². The maximum absolute atomic E-state index is 10.0. The van der Waals surface area contributed by atoms with Crippen LogP contribution < -0.4 is 21.3 Å². The standard InChI is InChI=1S/C11H20N6O2/c1-2-6-19-10-15-8(14-9(16-10)17-12)13-7-11(18)4-3-5-11/h18H,2-7,12H2,1H3,(H2,13,14,15,16,17). The van der Waals surface area contributed by atoms with Crippen LogP contribution in [0.2, 0.25) is 0 Å². The summed E-state index contributed by atoms with van der Waals surface area (Å²) in [7, 11) is 0. The van der Waals surface area contributed by atoms with E-state index in [4.69, 9.17) is 10.6 Å². The van der Waals surface area contributed by atoms with Crippen LogP contribution in [0.15, 0.2) is 0 Å². The molecule has 0 bridgehead atoms. The zero-order chi connectivity index (χ0) is 13.7. The van der Waals surface area contributed by atoms with Crippen LogP contribution in [0.25, 0.3) is 0 Å². The van der Waals surface area contributed by atoms with Crippen LogP contribution in [0, 0.1) is 0 Å². The Hall–Kier alpha value is -1.67. The van der Waals surface area contributed by atoms with E-state index in [9.17, 15) is 5.11 Å². The highest BCUT2D eigenvalue weighted by atomic mass is 16.5. The minimum Gasteiger partial charge on any atom is -0.463 e. The Morgan fingerprint density at radius 3 is 2.63 bits per heavy atom. The Bertz CT molecular complexity index is 424. The fourth-order valence-corrected chi connectivity index (χ4v) is 1.76. The highest BCUT2D eigenvalue weighted by molar-refractivity contribution is 5.35. The number of anilines is 2. The molecule has 8 nitrogen and oxygen atoms in total. The summed E-state index contributed by atoms with van der Waals surface area (Å²) in [5.74, 6) is 5.87. The van der Waals surface area contributed by atoms with Crippen molar-refractivity contribution in [2.24, 2.45) is 5.84 Å². The summed E-state index contributed by atoms with van der Waals surface area (Å²) in [6.07, 6.45) is 3.51. The van der Waals surface area contributed by atoms with E-state index < -0.39 is 5.60 Å². The second-order valence-corrected chi connectivity index (χ2v) is 4.69. The van der Waals surface area contributed by atoms with Crippen molar-refractivity contribution in [3.8, 4) is 6.01 Å². The molecule has 1 aromatic rings. The molecule has 0 unspecified atom stereocenters. The first-order valence-corrected chi connectivity index (χ1v) is 6.47. The molecule has 0 radical (unpaired) electrons. The molecule has 1 aromatic heterocycles. The predicted molar refractivity (Wildman–Crippen MR) is 70.7 cm³/mol. The van der Waals surface area contributed by atoms with E-state index in [0.717, 1.165) is 25.7 Å². The van der Waals surface area contributed by atoms with Crippen molar-refractivity contribution >= 4 is 11.9 Å². The van der Waals surface area contributed by atoms with Crippen molar-refractivity contribution in [3.05, 3.63) is 0 Å². The summed E-state index contributed by atoms with van der Waals surface area (Å²) in [5.41, 5.74) is 1.72. The van der Waals surface area contributed by atoms with Gasteiger partial charge in [0.1, 0.15) is 0 Å². The van der Waals surface area contributed by atoms with Gasteiger partial charge < -0.3 is 15.2 Å². The Morgan fingerprint density at radius 2 is 2.05 bits per heavy atom. The summed E-state index contributed by atoms with van der Waals surface area (Å²) >= 11 is 0. The van der Waals surface area contributed by atoms with Crippen LogP contribution in [-0.4, -0.2) is 38.8 Å². The molecule has 1 aliphatic carbocycles. The van der Waals surface area contributed by atoms with E-state index in [-0.39, 0.29) is 12.0 Å². The van der Waals surface area contributed by atoms with Gasteiger partial charge in [0.2, 0.25) is 11.9 Å². The van der Waals surface area contributed by atoms with Crippen molar-refractivity contribution in [1.82, 2.24) is 15.0 Å². The zero-order valence-electron chi connectivity index (χ0n) is 11.0. The second-order valence-electron chi connectivity index (χ2n) is 4.69. The van der Waals surface area contributed by atoms with E-state index in [1.165, 1.54) is 0 Å². The first kappa shape index (κ1) is 13.8. The topological polar surface area (TPSA) is 118 Å². The summed E-state index contributed by atoms with van der Waals surface area (Å²) in [4.78, 5) is 12.2. The summed E-state index contributed by atoms with van der Waals surface area (Å²) in [6.45, 7) is 2.93. The molecule has 1 heterocycles. The van der Waals surface area contributed by atoms with E-state index in [1.54, 1.807) is 0 Å². The van der Waals surface area contributed by atoms with Crippen molar-refractivity contribution in [1.29, 1.82) is 0 Å². The van der Waals surface area contributed by atoms with Gasteiger partial charge in [0.15, 0.2) is 0 Å². The number of hydrogen-bond acceptors (Lipinski definition) is 8. The molecular formula is C11H20N6O2. The summed E-state index contributed by atoms with van der Waals surface area (Å²) in [5, 5.41) is 13.0. The Kier molecular flexibility index (Phi) is 4.33. The average Bonchev–Trinajstić information content (AvgIpc) is 2.40. The number of hydrogen-bond donors (Lipinski definition) is 4. The number of nitrogens with one attached hydrogen (secondary N) is 2. The largest absolute Gasteiger partial charge is 0.463 e. The molecule has 0 aliphatic heterocycles. The molecule has 0 atom stereocenters. The van der Waals surface area contributed by atoms with Gasteiger partial charge in [0.25, 0.3) is 0 Å². The van der Waals surface area contributed by atoms with Gasteiger partial charge >= 0.3 is 6.01 Å². The molecule has 1 fully saturated rings. The third-order valence-electron chi connectivity index (χ3n) is 3.04. The molecule has 1 saturated carbocycles. The molecule has 106 valence electrons. The SMILES string of the molecule is CCCOc1nc(NN)nc(NCC2(O)CCC2)n1. The number of ether oxygens (including phenoxy) is 1. The van der Waals surface area contributed by atoms with Crippen LogP contribution in [0.3, 0.4) is 0 Å². The van der Waals surface area contributed by atoms with Crippen molar-refractivity contribution < 1.29 is 9.84 Å². The van der Waals surface area contributed by atoms with Gasteiger partial charge in [-0.2, -0.15) is 15.0 Å². The minimum absolute atomic E-state index is 0.216. The van der Waals surface area contributed by atoms with Gasteiger partial charge in [-0.25, -0.2) is 5.84 Å². The van der Waals surface area contributed by atoms with Crippen molar-refractivity contribution in [2.45, 2.75) is 38.2 Å². The summed E-state index contributed by atoms with van der Waals surface area (Å²) in [6, 6.07) is 0.216. The Balaban J connectivity index is 2.01. The third kappa shape index (κ3) is 3.65. The van der Waals surface area contributed by atoms with Crippen LogP contribution in [0.5, 0.6) is 6.01 Å². The lowest BCUT2D eigenvalue weighted by Crippen LogP contribution is -2.43. The van der Waals surface area contributed by atoms with Crippen molar-refractivity contribution in [2.75, 3.05) is 23.9 Å². The van der Waals surface area contributed by atoms with Crippen LogP contribution in [0.1, 0.15) is 32.6 Å². The van der Waals surface area contributed by atoms with Crippen LogP contribution >= 0.6 is 0 Å². The fourth-order valence-electron chi connectivity index (χ4n) is 1.76. The Morgan fingerprint density at radius 1 is 1.32 bits per heavy atom. The predicted octanol–water partition coefficient (Wildman–Crippen LogP) is 0.273. The molecule has 2 rings (SSSR count). The minimum atomic E-state index is -0.645. The number of nitrogens with two attached hydrogens (primary N) is 1. The van der Waals surface area contributed by atoms with E-state index in [2.05, 4.69) is 25.7 Å². The number of aliphatic hydroxyl groups is 1.